The van der Waals surface area contributed by atoms with Crippen LogP contribution in [0.25, 0.3) is 10.8 Å². The molecule has 200 valence electrons. The number of nitrogens with one attached hydrogen (secondary N) is 1. The van der Waals surface area contributed by atoms with Gasteiger partial charge in [0.05, 0.1) is 30.9 Å². The summed E-state index contributed by atoms with van der Waals surface area (Å²) in [6, 6.07) is 19.2. The molecule has 0 aromatic heterocycles. The van der Waals surface area contributed by atoms with Gasteiger partial charge in [0, 0.05) is 18.5 Å². The Morgan fingerprint density at radius 1 is 1.08 bits per heavy atom. The Bertz CT molecular complexity index is 1370. The van der Waals surface area contributed by atoms with Crippen molar-refractivity contribution < 1.29 is 19.1 Å². The van der Waals surface area contributed by atoms with Gasteiger partial charge in [0.1, 0.15) is 11.3 Å². The first kappa shape index (κ1) is 27.1. The van der Waals surface area contributed by atoms with Crippen LogP contribution in [0.4, 0.5) is 11.4 Å². The van der Waals surface area contributed by atoms with Gasteiger partial charge in [-0.1, -0.05) is 56.3 Å². The van der Waals surface area contributed by atoms with Crippen molar-refractivity contribution in [1.29, 1.82) is 0 Å². The quantitative estimate of drug-likeness (QED) is 0.473. The van der Waals surface area contributed by atoms with Crippen molar-refractivity contribution in [2.24, 2.45) is 17.6 Å². The molecule has 3 aromatic carbocycles. The number of rotatable bonds is 8. The molecule has 3 amide bonds. The van der Waals surface area contributed by atoms with E-state index in [2.05, 4.69) is 5.32 Å². The minimum absolute atomic E-state index is 0.0187. The Kier molecular flexibility index (Phi) is 7.73. The fourth-order valence-electron chi connectivity index (χ4n) is 5.17. The van der Waals surface area contributed by atoms with Crippen LogP contribution in [0.2, 0.25) is 0 Å². The van der Waals surface area contributed by atoms with Crippen molar-refractivity contribution in [3.63, 3.8) is 0 Å². The molecule has 0 saturated carbocycles. The van der Waals surface area contributed by atoms with Crippen LogP contribution in [0.5, 0.6) is 5.75 Å². The minimum Gasteiger partial charge on any atom is -0.496 e. The van der Waals surface area contributed by atoms with Crippen molar-refractivity contribution in [1.82, 2.24) is 5.32 Å². The van der Waals surface area contributed by atoms with Crippen LogP contribution in [0.1, 0.15) is 32.8 Å². The molecule has 1 unspecified atom stereocenters. The molecule has 3 N–H and O–H groups in total. The van der Waals surface area contributed by atoms with E-state index >= 15 is 0 Å². The molecule has 8 nitrogen and oxygen atoms in total. The van der Waals surface area contributed by atoms with Gasteiger partial charge in [0.15, 0.2) is 0 Å². The first-order chi connectivity index (χ1) is 18.1. The summed E-state index contributed by atoms with van der Waals surface area (Å²) in [4.78, 5) is 44.0. The van der Waals surface area contributed by atoms with Gasteiger partial charge in [-0.15, -0.1) is 0 Å². The third kappa shape index (κ3) is 4.84. The van der Waals surface area contributed by atoms with E-state index in [1.165, 1.54) is 0 Å². The molecule has 4 rings (SSSR count). The number of primary amides is 1. The fraction of sp³-hybridized carbons (Fsp3) is 0.367. The molecule has 2 atom stereocenters. The third-order valence-corrected chi connectivity index (χ3v) is 7.54. The molecule has 38 heavy (non-hydrogen) atoms. The lowest BCUT2D eigenvalue weighted by atomic mass is 9.83. The number of benzene rings is 3. The topological polar surface area (TPSA) is 105 Å². The van der Waals surface area contributed by atoms with Gasteiger partial charge in [-0.05, 0) is 48.9 Å². The zero-order valence-electron chi connectivity index (χ0n) is 22.7. The van der Waals surface area contributed by atoms with Crippen molar-refractivity contribution >= 4 is 39.9 Å². The number of fused-ring (bicyclic) bond motifs is 2. The molecule has 0 aliphatic carbocycles. The average molecular weight is 517 g/mol. The van der Waals surface area contributed by atoms with E-state index in [9.17, 15) is 14.4 Å². The summed E-state index contributed by atoms with van der Waals surface area (Å²) in [5.74, 6) is -1.25. The molecule has 1 heterocycles. The van der Waals surface area contributed by atoms with E-state index in [0.29, 0.717) is 23.5 Å². The summed E-state index contributed by atoms with van der Waals surface area (Å²) in [7, 11) is 3.21. The highest BCUT2D eigenvalue weighted by Crippen LogP contribution is 2.40. The SMILES string of the molecule is CNC(C)(C(N)=O)[C@@H]1CN(C(=O)CC(C)C)c2ccccc2N(Cc2c(OC)ccc3ccccc23)C1=O. The van der Waals surface area contributed by atoms with Gasteiger partial charge in [-0.25, -0.2) is 0 Å². The lowest BCUT2D eigenvalue weighted by Crippen LogP contribution is -2.63. The maximum absolute atomic E-state index is 14.4. The number of hydrogen-bond acceptors (Lipinski definition) is 5. The molecule has 0 fully saturated rings. The van der Waals surface area contributed by atoms with E-state index in [0.717, 1.165) is 16.3 Å². The largest absolute Gasteiger partial charge is 0.496 e. The highest BCUT2D eigenvalue weighted by atomic mass is 16.5. The Balaban J connectivity index is 1.94. The zero-order valence-corrected chi connectivity index (χ0v) is 22.7. The number of anilines is 2. The zero-order chi connectivity index (χ0) is 27.6. The number of carbonyl (C=O) groups excluding carboxylic acids is 3. The number of para-hydroxylation sites is 2. The first-order valence-electron chi connectivity index (χ1n) is 12.9. The van der Waals surface area contributed by atoms with Crippen LogP contribution in [-0.2, 0) is 20.9 Å². The number of nitrogens with two attached hydrogens (primary N) is 1. The molecular formula is C30H36N4O4. The average Bonchev–Trinajstić information content (AvgIpc) is 3.02. The highest BCUT2D eigenvalue weighted by Gasteiger charge is 2.48. The number of nitrogens with zero attached hydrogens (tertiary/aromatic N) is 2. The number of hydrogen-bond donors (Lipinski definition) is 2. The van der Waals surface area contributed by atoms with E-state index < -0.39 is 17.4 Å². The van der Waals surface area contributed by atoms with E-state index in [-0.39, 0.29) is 30.8 Å². The second-order valence-electron chi connectivity index (χ2n) is 10.4. The summed E-state index contributed by atoms with van der Waals surface area (Å²) in [6.07, 6.45) is 0.305. The van der Waals surface area contributed by atoms with Crippen LogP contribution in [0.15, 0.2) is 60.7 Å². The van der Waals surface area contributed by atoms with Crippen molar-refractivity contribution in [3.8, 4) is 5.75 Å². The molecule has 1 aliphatic rings. The van der Waals surface area contributed by atoms with E-state index in [1.54, 1.807) is 30.9 Å². The molecule has 0 spiro atoms. The van der Waals surface area contributed by atoms with Gasteiger partial charge in [0.25, 0.3) is 0 Å². The molecule has 0 bridgehead atoms. The van der Waals surface area contributed by atoms with Gasteiger partial charge in [-0.2, -0.15) is 0 Å². The molecule has 0 radical (unpaired) electrons. The second-order valence-corrected chi connectivity index (χ2v) is 10.4. The Morgan fingerprint density at radius 2 is 1.74 bits per heavy atom. The number of likely N-dealkylation sites (N-methyl/N-ethyl adjacent to an activating group) is 1. The summed E-state index contributed by atoms with van der Waals surface area (Å²) >= 11 is 0. The predicted octanol–water partition coefficient (Wildman–Crippen LogP) is 3.85. The summed E-state index contributed by atoms with van der Waals surface area (Å²) in [5, 5.41) is 4.96. The Morgan fingerprint density at radius 3 is 2.37 bits per heavy atom. The van der Waals surface area contributed by atoms with Crippen molar-refractivity contribution in [2.45, 2.75) is 39.3 Å². The Hall–Kier alpha value is -3.91. The standard InChI is InChI=1S/C30H36N4O4/c1-19(2)16-27(35)33-18-23(30(3,32-4)29(31)37)28(36)34(25-13-9-8-12-24(25)33)17-22-21-11-7-6-10-20(21)14-15-26(22)38-5/h6-15,19,23,32H,16-18H2,1-5H3,(H2,31,37)/t23-,30?/m1/s1. The third-order valence-electron chi connectivity index (χ3n) is 7.54. The number of carbonyl (C=O) groups is 3. The molecular weight excluding hydrogens is 480 g/mol. The number of amides is 3. The normalized spacial score (nSPS) is 17.2. The lowest BCUT2D eigenvalue weighted by molar-refractivity contribution is -0.133. The van der Waals surface area contributed by atoms with Crippen LogP contribution >= 0.6 is 0 Å². The van der Waals surface area contributed by atoms with Crippen LogP contribution in [-0.4, -0.2) is 44.0 Å². The number of methoxy groups -OCH3 is 1. The molecule has 1 aliphatic heterocycles. The van der Waals surface area contributed by atoms with Gasteiger partial charge < -0.3 is 25.6 Å². The maximum Gasteiger partial charge on any atom is 0.238 e. The van der Waals surface area contributed by atoms with Crippen molar-refractivity contribution in [3.05, 3.63) is 66.2 Å². The van der Waals surface area contributed by atoms with Crippen LogP contribution in [0.3, 0.4) is 0 Å². The van der Waals surface area contributed by atoms with Crippen LogP contribution < -0.4 is 25.6 Å². The van der Waals surface area contributed by atoms with Crippen LogP contribution in [0, 0.1) is 11.8 Å². The molecule has 0 saturated heterocycles. The predicted molar refractivity (Wildman–Crippen MR) is 150 cm³/mol. The highest BCUT2D eigenvalue weighted by molar-refractivity contribution is 6.08. The fourth-order valence-corrected chi connectivity index (χ4v) is 5.17. The number of ether oxygens (including phenoxy) is 1. The summed E-state index contributed by atoms with van der Waals surface area (Å²) < 4.78 is 5.72. The lowest BCUT2D eigenvalue weighted by Gasteiger charge is -2.36. The van der Waals surface area contributed by atoms with Gasteiger partial charge in [0.2, 0.25) is 17.7 Å². The molecule has 3 aromatic rings. The second kappa shape index (κ2) is 10.8. The summed E-state index contributed by atoms with van der Waals surface area (Å²) in [5.41, 5.74) is 6.51. The Labute approximate surface area is 223 Å². The smallest absolute Gasteiger partial charge is 0.238 e. The first-order valence-corrected chi connectivity index (χ1v) is 12.9. The van der Waals surface area contributed by atoms with Gasteiger partial charge in [-0.3, -0.25) is 14.4 Å². The minimum atomic E-state index is -1.39. The van der Waals surface area contributed by atoms with E-state index in [1.807, 2.05) is 74.5 Å². The van der Waals surface area contributed by atoms with Crippen molar-refractivity contribution in [2.75, 3.05) is 30.5 Å². The maximum atomic E-state index is 14.4. The summed E-state index contributed by atoms with van der Waals surface area (Å²) in [6.45, 7) is 5.77. The monoisotopic (exact) mass is 516 g/mol. The molecule has 8 heteroatoms. The van der Waals surface area contributed by atoms with E-state index in [4.69, 9.17) is 10.5 Å². The van der Waals surface area contributed by atoms with Gasteiger partial charge >= 0.3 is 0 Å².